The number of nitrogens with zero attached hydrogens (tertiary/aromatic N) is 4. The summed E-state index contributed by atoms with van der Waals surface area (Å²) in [7, 11) is 1.46. The van der Waals surface area contributed by atoms with Crippen molar-refractivity contribution in [3.8, 4) is 0 Å². The Hall–Kier alpha value is -3.86. The van der Waals surface area contributed by atoms with Gasteiger partial charge in [0.25, 0.3) is 0 Å². The Morgan fingerprint density at radius 3 is 2.19 bits per heavy atom. The predicted molar refractivity (Wildman–Crippen MR) is 135 cm³/mol. The molecular formula is C25H21ClF9N5O3. The zero-order chi connectivity index (χ0) is 32.2. The molecule has 0 unspecified atom stereocenters. The van der Waals surface area contributed by atoms with Crippen LogP contribution in [-0.2, 0) is 41.3 Å². The first-order valence-corrected chi connectivity index (χ1v) is 12.4. The lowest BCUT2D eigenvalue weighted by molar-refractivity contribution is -0.192. The Morgan fingerprint density at radius 1 is 1.00 bits per heavy atom. The highest BCUT2D eigenvalue weighted by Crippen LogP contribution is 2.38. The molecule has 0 amide bonds. The van der Waals surface area contributed by atoms with Crippen molar-refractivity contribution in [2.24, 2.45) is 0 Å². The highest BCUT2D eigenvalue weighted by atomic mass is 35.5. The van der Waals surface area contributed by atoms with Gasteiger partial charge in [-0.2, -0.15) is 39.5 Å². The molecule has 234 valence electrons. The average molecular weight is 646 g/mol. The number of ether oxygens (including phenoxy) is 1. The second kappa shape index (κ2) is 13.2. The molecule has 4 rings (SSSR count). The lowest BCUT2D eigenvalue weighted by Crippen LogP contribution is -2.29. The average Bonchev–Trinajstić information content (AvgIpc) is 3.10. The van der Waals surface area contributed by atoms with Crippen LogP contribution in [0.25, 0.3) is 0 Å². The van der Waals surface area contributed by atoms with Gasteiger partial charge in [0.2, 0.25) is 0 Å². The molecule has 18 heteroatoms. The summed E-state index contributed by atoms with van der Waals surface area (Å²) >= 11 is 5.85. The van der Waals surface area contributed by atoms with Crippen LogP contribution in [0.4, 0.5) is 56.8 Å². The van der Waals surface area contributed by atoms with Crippen molar-refractivity contribution < 1.29 is 54.2 Å². The second-order valence-electron chi connectivity index (χ2n) is 8.83. The summed E-state index contributed by atoms with van der Waals surface area (Å²) in [4.78, 5) is 23.4. The first-order valence-electron chi connectivity index (χ1n) is 12.0. The van der Waals surface area contributed by atoms with E-state index in [2.05, 4.69) is 20.3 Å². The third kappa shape index (κ3) is 8.82. The molecule has 43 heavy (non-hydrogen) atoms. The van der Waals surface area contributed by atoms with Crippen molar-refractivity contribution in [1.29, 1.82) is 0 Å². The quantitative estimate of drug-likeness (QED) is 0.296. The number of carboxylic acids is 1. The van der Waals surface area contributed by atoms with Crippen molar-refractivity contribution in [3.63, 3.8) is 0 Å². The number of pyridine rings is 1. The Kier molecular flexibility index (Phi) is 10.3. The van der Waals surface area contributed by atoms with Crippen molar-refractivity contribution in [2.45, 2.75) is 38.0 Å². The minimum Gasteiger partial charge on any atom is -0.475 e. The summed E-state index contributed by atoms with van der Waals surface area (Å²) in [6.45, 7) is 0.489. The fourth-order valence-electron chi connectivity index (χ4n) is 3.99. The molecule has 0 saturated heterocycles. The fraction of sp³-hybridized carbons (Fsp3) is 0.360. The van der Waals surface area contributed by atoms with Crippen LogP contribution in [0.5, 0.6) is 0 Å². The Labute approximate surface area is 242 Å². The number of fused-ring (bicyclic) bond motifs is 1. The number of hydrogen-bond donors (Lipinski definition) is 2. The van der Waals surface area contributed by atoms with Gasteiger partial charge < -0.3 is 20.1 Å². The zero-order valence-corrected chi connectivity index (χ0v) is 22.6. The maximum absolute atomic E-state index is 13.6. The number of nitrogens with one attached hydrogen (secondary N) is 1. The van der Waals surface area contributed by atoms with E-state index in [0.29, 0.717) is 29.3 Å². The van der Waals surface area contributed by atoms with Gasteiger partial charge in [0.05, 0.1) is 21.8 Å². The summed E-state index contributed by atoms with van der Waals surface area (Å²) in [5.41, 5.74) is -0.299. The van der Waals surface area contributed by atoms with E-state index in [1.807, 2.05) is 0 Å². The maximum atomic E-state index is 13.6. The van der Waals surface area contributed by atoms with Gasteiger partial charge in [0, 0.05) is 44.1 Å². The summed E-state index contributed by atoms with van der Waals surface area (Å²) in [6.07, 6.45) is -12.4. The minimum absolute atomic E-state index is 0.0674. The number of aliphatic carboxylic acids is 1. The van der Waals surface area contributed by atoms with Gasteiger partial charge in [0.1, 0.15) is 18.2 Å². The maximum Gasteiger partial charge on any atom is 0.490 e. The van der Waals surface area contributed by atoms with E-state index in [9.17, 15) is 39.5 Å². The van der Waals surface area contributed by atoms with Gasteiger partial charge in [-0.15, -0.1) is 0 Å². The standard InChI is InChI=1S/C23H20ClF6N5O.C2HF3O2/c1-36-12-19-33-18-7-10-35(21-16(23(28,29)30)3-2-8-31-21)9-6-14(18)20(34-19)32-13-4-5-15(17(24)11-13)22(25,26)27;3-2(4,5)1(6)7/h2-5,8,11H,6-7,9-10,12H2,1H3,(H,32,33,34);(H,6,7). The molecule has 0 saturated carbocycles. The van der Waals surface area contributed by atoms with Gasteiger partial charge in [0.15, 0.2) is 5.82 Å². The molecule has 0 atom stereocenters. The number of methoxy groups -OCH3 is 1. The van der Waals surface area contributed by atoms with Crippen molar-refractivity contribution >= 4 is 34.9 Å². The van der Waals surface area contributed by atoms with Crippen LogP contribution in [0.1, 0.15) is 28.2 Å². The lowest BCUT2D eigenvalue weighted by Gasteiger charge is -2.24. The third-order valence-electron chi connectivity index (χ3n) is 5.83. The van der Waals surface area contributed by atoms with Crippen molar-refractivity contribution in [2.75, 3.05) is 30.4 Å². The molecule has 2 N–H and O–H groups in total. The molecule has 1 aliphatic heterocycles. The summed E-state index contributed by atoms with van der Waals surface area (Å²) in [5, 5.41) is 9.64. The number of benzene rings is 1. The van der Waals surface area contributed by atoms with Crippen molar-refractivity contribution in [3.05, 3.63) is 69.8 Å². The summed E-state index contributed by atoms with van der Waals surface area (Å²) in [6, 6.07) is 5.45. The topological polar surface area (TPSA) is 100 Å². The number of carboxylic acid groups (broad SMARTS) is 1. The van der Waals surface area contributed by atoms with E-state index in [0.717, 1.165) is 18.2 Å². The van der Waals surface area contributed by atoms with Crippen LogP contribution < -0.4 is 10.2 Å². The van der Waals surface area contributed by atoms with E-state index in [1.54, 1.807) is 4.90 Å². The predicted octanol–water partition coefficient (Wildman–Crippen LogP) is 6.69. The molecule has 0 fully saturated rings. The first kappa shape index (κ1) is 33.6. The molecule has 0 bridgehead atoms. The molecule has 0 spiro atoms. The van der Waals surface area contributed by atoms with E-state index in [-0.39, 0.29) is 37.6 Å². The van der Waals surface area contributed by atoms with Gasteiger partial charge in [-0.05, 0) is 36.8 Å². The SMILES string of the molecule is COCc1nc2c(c(Nc3ccc(C(F)(F)F)c(Cl)c3)n1)CCN(c1ncccc1C(F)(F)F)CC2.O=C(O)C(F)(F)F. The number of carbonyl (C=O) groups is 1. The third-order valence-corrected chi connectivity index (χ3v) is 6.15. The molecule has 0 radical (unpaired) electrons. The smallest absolute Gasteiger partial charge is 0.475 e. The fourth-order valence-corrected chi connectivity index (χ4v) is 4.28. The number of alkyl halides is 9. The number of aromatic nitrogens is 3. The molecule has 2 aromatic heterocycles. The summed E-state index contributed by atoms with van der Waals surface area (Å²) < 4.78 is 117. The number of halogens is 10. The van der Waals surface area contributed by atoms with Crippen LogP contribution in [0.2, 0.25) is 5.02 Å². The Balaban J connectivity index is 0.000000646. The molecule has 1 aliphatic rings. The van der Waals surface area contributed by atoms with Crippen LogP contribution in [-0.4, -0.2) is 52.4 Å². The lowest BCUT2D eigenvalue weighted by atomic mass is 10.1. The molecule has 0 aliphatic carbocycles. The highest BCUT2D eigenvalue weighted by molar-refractivity contribution is 6.31. The first-order chi connectivity index (χ1) is 19.9. The second-order valence-corrected chi connectivity index (χ2v) is 9.23. The Morgan fingerprint density at radius 2 is 1.63 bits per heavy atom. The molecule has 8 nitrogen and oxygen atoms in total. The monoisotopic (exact) mass is 645 g/mol. The number of anilines is 3. The normalized spacial score (nSPS) is 13.9. The number of hydrogen-bond acceptors (Lipinski definition) is 7. The largest absolute Gasteiger partial charge is 0.490 e. The van der Waals surface area contributed by atoms with Crippen LogP contribution in [0.3, 0.4) is 0 Å². The molecule has 3 heterocycles. The van der Waals surface area contributed by atoms with Gasteiger partial charge in [-0.25, -0.2) is 19.7 Å². The molecular weight excluding hydrogens is 625 g/mol. The highest BCUT2D eigenvalue weighted by Gasteiger charge is 2.38. The minimum atomic E-state index is -5.08. The van der Waals surface area contributed by atoms with Crippen LogP contribution in [0.15, 0.2) is 36.5 Å². The van der Waals surface area contributed by atoms with Gasteiger partial charge in [-0.3, -0.25) is 0 Å². The van der Waals surface area contributed by atoms with Crippen LogP contribution in [0, 0.1) is 0 Å². The number of rotatable bonds is 5. The van der Waals surface area contributed by atoms with E-state index in [1.165, 1.54) is 25.4 Å². The van der Waals surface area contributed by atoms with E-state index in [4.69, 9.17) is 26.2 Å². The van der Waals surface area contributed by atoms with Crippen molar-refractivity contribution in [1.82, 2.24) is 15.0 Å². The zero-order valence-electron chi connectivity index (χ0n) is 21.8. The Bertz CT molecular complexity index is 1450. The van der Waals surface area contributed by atoms with Crippen LogP contribution >= 0.6 is 11.6 Å². The van der Waals surface area contributed by atoms with Gasteiger partial charge in [-0.1, -0.05) is 11.6 Å². The molecule has 1 aromatic carbocycles. The van der Waals surface area contributed by atoms with Gasteiger partial charge >= 0.3 is 24.5 Å². The van der Waals surface area contributed by atoms with E-state index >= 15 is 0 Å². The molecule has 3 aromatic rings. The van der Waals surface area contributed by atoms with E-state index < -0.39 is 40.6 Å². The summed E-state index contributed by atoms with van der Waals surface area (Å²) in [5.74, 6) is -2.29.